The molecule has 112 valence electrons. The third-order valence-corrected chi connectivity index (χ3v) is 8.62. The van der Waals surface area contributed by atoms with Crippen molar-refractivity contribution in [2.24, 2.45) is 4.99 Å². The molecule has 1 aromatic rings. The number of hydrogen-bond acceptors (Lipinski definition) is 4. The van der Waals surface area contributed by atoms with Gasteiger partial charge in [0.2, 0.25) is 0 Å². The fourth-order valence-corrected chi connectivity index (χ4v) is 2.73. The van der Waals surface area contributed by atoms with Gasteiger partial charge in [0.05, 0.1) is 23.4 Å². The zero-order valence-electron chi connectivity index (χ0n) is 13.3. The maximum atomic E-state index is 9.00. The van der Waals surface area contributed by atoms with Crippen LogP contribution < -0.4 is 0 Å². The van der Waals surface area contributed by atoms with Crippen molar-refractivity contribution in [1.29, 1.82) is 5.26 Å². The van der Waals surface area contributed by atoms with Crippen molar-refractivity contribution in [3.8, 4) is 6.07 Å². The van der Waals surface area contributed by atoms with Crippen molar-refractivity contribution < 1.29 is 4.43 Å². The molecule has 0 saturated carbocycles. The minimum absolute atomic E-state index is 0.146. The highest BCUT2D eigenvalue weighted by Gasteiger charge is 2.37. The van der Waals surface area contributed by atoms with Gasteiger partial charge in [-0.05, 0) is 48.0 Å². The fourth-order valence-electron chi connectivity index (χ4n) is 1.59. The van der Waals surface area contributed by atoms with Gasteiger partial charge in [0.1, 0.15) is 6.04 Å². The van der Waals surface area contributed by atoms with E-state index in [9.17, 15) is 0 Å². The largest absolute Gasteiger partial charge is 0.414 e. The van der Waals surface area contributed by atoms with Crippen LogP contribution in [0.25, 0.3) is 0 Å². The second kappa shape index (κ2) is 7.10. The predicted octanol–water partition coefficient (Wildman–Crippen LogP) is 4.72. The monoisotopic (exact) mass is 318 g/mol. The van der Waals surface area contributed by atoms with Crippen molar-refractivity contribution >= 4 is 25.7 Å². The van der Waals surface area contributed by atoms with Crippen LogP contribution in [0.15, 0.2) is 29.3 Å². The molecule has 0 spiro atoms. The number of nitriles is 1. The Balaban J connectivity index is 2.94. The van der Waals surface area contributed by atoms with Crippen LogP contribution in [0.5, 0.6) is 0 Å². The number of hydrogen-bond donors (Lipinski definition) is 0. The number of rotatable bonds is 5. The Morgan fingerprint density at radius 1 is 1.38 bits per heavy atom. The summed E-state index contributed by atoms with van der Waals surface area (Å²) < 4.78 is 6.21. The maximum absolute atomic E-state index is 9.00. The summed E-state index contributed by atoms with van der Waals surface area (Å²) in [5, 5.41) is 11.6. The summed E-state index contributed by atoms with van der Waals surface area (Å²) in [6.07, 6.45) is 0. The van der Waals surface area contributed by atoms with E-state index in [1.807, 2.05) is 18.2 Å². The predicted molar refractivity (Wildman–Crippen MR) is 92.1 cm³/mol. The van der Waals surface area contributed by atoms with Crippen LogP contribution in [-0.2, 0) is 4.43 Å². The molecule has 0 fully saturated rings. The van der Waals surface area contributed by atoms with Crippen LogP contribution in [0, 0.1) is 11.3 Å². The molecule has 0 aliphatic rings. The molecule has 5 heteroatoms. The Labute approximate surface area is 133 Å². The number of thiocarbonyl (C=S) groups is 1. The van der Waals surface area contributed by atoms with E-state index < -0.39 is 8.32 Å². The highest BCUT2D eigenvalue weighted by atomic mass is 32.1. The molecule has 0 aliphatic carbocycles. The van der Waals surface area contributed by atoms with E-state index in [1.165, 1.54) is 0 Å². The van der Waals surface area contributed by atoms with Gasteiger partial charge < -0.3 is 4.43 Å². The SMILES string of the molecule is CC(C)(C)[Si](C)(C)OCC(N=C=S)c1cccc(C#N)c1. The van der Waals surface area contributed by atoms with Gasteiger partial charge in [-0.1, -0.05) is 32.9 Å². The molecule has 3 nitrogen and oxygen atoms in total. The van der Waals surface area contributed by atoms with Gasteiger partial charge in [-0.2, -0.15) is 5.26 Å². The van der Waals surface area contributed by atoms with Gasteiger partial charge in [0.25, 0.3) is 0 Å². The van der Waals surface area contributed by atoms with Gasteiger partial charge >= 0.3 is 0 Å². The second-order valence-corrected chi connectivity index (χ2v) is 11.5. The molecule has 0 saturated heterocycles. The molecule has 0 N–H and O–H groups in total. The molecule has 0 aromatic heterocycles. The van der Waals surface area contributed by atoms with E-state index in [4.69, 9.17) is 21.9 Å². The van der Waals surface area contributed by atoms with Crippen LogP contribution in [0.4, 0.5) is 0 Å². The van der Waals surface area contributed by atoms with Crippen LogP contribution >= 0.6 is 12.2 Å². The molecule has 21 heavy (non-hydrogen) atoms. The Morgan fingerprint density at radius 3 is 2.57 bits per heavy atom. The quantitative estimate of drug-likeness (QED) is 0.448. The van der Waals surface area contributed by atoms with Gasteiger partial charge in [0, 0.05) is 0 Å². The summed E-state index contributed by atoms with van der Waals surface area (Å²) in [7, 11) is -1.84. The lowest BCUT2D eigenvalue weighted by atomic mass is 10.1. The van der Waals surface area contributed by atoms with E-state index in [0.29, 0.717) is 12.2 Å². The third kappa shape index (κ3) is 4.87. The van der Waals surface area contributed by atoms with E-state index in [-0.39, 0.29) is 11.1 Å². The number of nitrogens with zero attached hydrogens (tertiary/aromatic N) is 2. The van der Waals surface area contributed by atoms with Crippen molar-refractivity contribution in [1.82, 2.24) is 0 Å². The first-order valence-electron chi connectivity index (χ1n) is 6.92. The number of isothiocyanates is 1. The summed E-state index contributed by atoms with van der Waals surface area (Å²) >= 11 is 4.74. The molecule has 0 bridgehead atoms. The minimum atomic E-state index is -1.84. The zero-order valence-corrected chi connectivity index (χ0v) is 15.1. The highest BCUT2D eigenvalue weighted by Crippen LogP contribution is 2.37. The highest BCUT2D eigenvalue weighted by molar-refractivity contribution is 7.78. The molecule has 1 aromatic carbocycles. The first-order chi connectivity index (χ1) is 9.71. The van der Waals surface area contributed by atoms with E-state index in [0.717, 1.165) is 5.56 Å². The average molecular weight is 319 g/mol. The normalized spacial score (nSPS) is 13.1. The summed E-state index contributed by atoms with van der Waals surface area (Å²) in [5.74, 6) is 0. The summed E-state index contributed by atoms with van der Waals surface area (Å²) in [4.78, 5) is 4.21. The smallest absolute Gasteiger partial charge is 0.192 e. The van der Waals surface area contributed by atoms with Crippen molar-refractivity contribution in [3.63, 3.8) is 0 Å². The average Bonchev–Trinajstić information content (AvgIpc) is 2.42. The standard InChI is InChI=1S/C16H22N2OSSi/c1-16(2,3)21(4,5)19-11-15(18-12-20)14-8-6-7-13(9-14)10-17/h6-9,15H,11H2,1-5H3. The molecular formula is C16H22N2OSSi. The van der Waals surface area contributed by atoms with Crippen LogP contribution in [0.1, 0.15) is 37.9 Å². The molecule has 1 unspecified atom stereocenters. The zero-order chi connectivity index (χ0) is 16.1. The summed E-state index contributed by atoms with van der Waals surface area (Å²) in [6, 6.07) is 9.33. The van der Waals surface area contributed by atoms with Gasteiger partial charge in [-0.25, -0.2) is 4.99 Å². The number of benzene rings is 1. The van der Waals surface area contributed by atoms with Gasteiger partial charge in [-0.15, -0.1) is 0 Å². The fraction of sp³-hybridized carbons (Fsp3) is 0.500. The Kier molecular flexibility index (Phi) is 6.00. The first kappa shape index (κ1) is 17.7. The first-order valence-corrected chi connectivity index (χ1v) is 10.2. The summed E-state index contributed by atoms with van der Waals surface area (Å²) in [5.41, 5.74) is 1.55. The molecule has 0 aliphatic heterocycles. The Hall–Kier alpha value is -1.31. The molecule has 0 amide bonds. The van der Waals surface area contributed by atoms with Gasteiger partial charge in [-0.3, -0.25) is 0 Å². The Morgan fingerprint density at radius 2 is 2.05 bits per heavy atom. The van der Waals surface area contributed by atoms with Crippen LogP contribution in [0.3, 0.4) is 0 Å². The van der Waals surface area contributed by atoms with Crippen molar-refractivity contribution in [2.45, 2.75) is 44.9 Å². The van der Waals surface area contributed by atoms with Gasteiger partial charge in [0.15, 0.2) is 8.32 Å². The lowest BCUT2D eigenvalue weighted by molar-refractivity contribution is 0.266. The van der Waals surface area contributed by atoms with E-state index >= 15 is 0 Å². The lowest BCUT2D eigenvalue weighted by Gasteiger charge is -2.36. The minimum Gasteiger partial charge on any atom is -0.414 e. The topological polar surface area (TPSA) is 45.4 Å². The van der Waals surface area contributed by atoms with Crippen molar-refractivity contribution in [3.05, 3.63) is 35.4 Å². The molecule has 0 radical (unpaired) electrons. The molecule has 1 rings (SSSR count). The lowest BCUT2D eigenvalue weighted by Crippen LogP contribution is -2.41. The van der Waals surface area contributed by atoms with Crippen LogP contribution in [-0.4, -0.2) is 20.1 Å². The summed E-state index contributed by atoms with van der Waals surface area (Å²) in [6.45, 7) is 11.5. The van der Waals surface area contributed by atoms with Crippen molar-refractivity contribution in [2.75, 3.05) is 6.61 Å². The molecular weight excluding hydrogens is 296 g/mol. The number of aliphatic imine (C=N–C) groups is 1. The Bertz CT molecular complexity index is 581. The molecule has 0 heterocycles. The molecule has 1 atom stereocenters. The van der Waals surface area contributed by atoms with E-state index in [2.05, 4.69) is 50.1 Å². The van der Waals surface area contributed by atoms with E-state index in [1.54, 1.807) is 6.07 Å². The van der Waals surface area contributed by atoms with Crippen LogP contribution in [0.2, 0.25) is 18.1 Å². The maximum Gasteiger partial charge on any atom is 0.192 e. The second-order valence-electron chi connectivity index (χ2n) is 6.54. The third-order valence-electron chi connectivity index (χ3n) is 4.02.